The SMILES string of the molecule is CCCN(Cc1ccc(C#N)cc1)C(=O)CCn1c(=O)oc2cc(S(=O)(=O)N3CCCC3)ccc21. The van der Waals surface area contributed by atoms with Gasteiger partial charge in [0.15, 0.2) is 5.58 Å². The average molecular weight is 497 g/mol. The van der Waals surface area contributed by atoms with Crippen molar-refractivity contribution >= 4 is 27.0 Å². The normalized spacial score (nSPS) is 14.3. The minimum Gasteiger partial charge on any atom is -0.408 e. The standard InChI is InChI=1S/C25H28N4O5S/c1-2-12-27(18-20-7-5-19(17-26)6-8-20)24(30)11-15-29-22-10-9-21(16-23(22)34-25(29)31)35(32,33)28-13-3-4-14-28/h5-10,16H,2-4,11-15,18H2,1H3. The summed E-state index contributed by atoms with van der Waals surface area (Å²) in [4.78, 5) is 27.3. The molecule has 9 nitrogen and oxygen atoms in total. The highest BCUT2D eigenvalue weighted by atomic mass is 32.2. The van der Waals surface area contributed by atoms with Crippen LogP contribution >= 0.6 is 0 Å². The number of rotatable bonds is 9. The zero-order valence-corrected chi connectivity index (χ0v) is 20.5. The number of hydrogen-bond acceptors (Lipinski definition) is 6. The van der Waals surface area contributed by atoms with Gasteiger partial charge in [-0.2, -0.15) is 9.57 Å². The van der Waals surface area contributed by atoms with E-state index < -0.39 is 15.8 Å². The van der Waals surface area contributed by atoms with Crippen LogP contribution in [0.2, 0.25) is 0 Å². The lowest BCUT2D eigenvalue weighted by Crippen LogP contribution is -2.32. The monoisotopic (exact) mass is 496 g/mol. The van der Waals surface area contributed by atoms with Crippen molar-refractivity contribution in [2.45, 2.75) is 50.6 Å². The van der Waals surface area contributed by atoms with Crippen molar-refractivity contribution < 1.29 is 17.6 Å². The molecule has 2 heterocycles. The minimum absolute atomic E-state index is 0.0959. The number of nitriles is 1. The molecule has 0 bridgehead atoms. The van der Waals surface area contributed by atoms with Crippen molar-refractivity contribution in [1.82, 2.24) is 13.8 Å². The molecular weight excluding hydrogens is 468 g/mol. The van der Waals surface area contributed by atoms with E-state index in [-0.39, 0.29) is 29.4 Å². The van der Waals surface area contributed by atoms with Crippen LogP contribution in [0.25, 0.3) is 11.1 Å². The van der Waals surface area contributed by atoms with Crippen molar-refractivity contribution in [3.63, 3.8) is 0 Å². The smallest absolute Gasteiger partial charge is 0.408 e. The average Bonchev–Trinajstić information content (AvgIpc) is 3.50. The number of carbonyl (C=O) groups is 1. The van der Waals surface area contributed by atoms with Gasteiger partial charge >= 0.3 is 5.76 Å². The summed E-state index contributed by atoms with van der Waals surface area (Å²) in [5.41, 5.74) is 2.12. The summed E-state index contributed by atoms with van der Waals surface area (Å²) in [6.45, 7) is 4.07. The highest BCUT2D eigenvalue weighted by Gasteiger charge is 2.28. The number of oxazole rings is 1. The molecule has 0 atom stereocenters. The quantitative estimate of drug-likeness (QED) is 0.449. The van der Waals surface area contributed by atoms with Gasteiger partial charge in [0.1, 0.15) is 0 Å². The van der Waals surface area contributed by atoms with Crippen LogP contribution in [0.4, 0.5) is 0 Å². The van der Waals surface area contributed by atoms with Gasteiger partial charge < -0.3 is 9.32 Å². The van der Waals surface area contributed by atoms with Gasteiger partial charge in [0.05, 0.1) is 22.0 Å². The third-order valence-corrected chi connectivity index (χ3v) is 8.09. The molecule has 4 rings (SSSR count). The Morgan fingerprint density at radius 1 is 1.14 bits per heavy atom. The van der Waals surface area contributed by atoms with E-state index in [2.05, 4.69) is 6.07 Å². The molecule has 0 spiro atoms. The van der Waals surface area contributed by atoms with E-state index in [4.69, 9.17) is 9.68 Å². The maximum absolute atomic E-state index is 13.0. The third-order valence-electron chi connectivity index (χ3n) is 6.19. The Hall–Kier alpha value is -3.42. The summed E-state index contributed by atoms with van der Waals surface area (Å²) in [6, 6.07) is 13.6. The lowest BCUT2D eigenvalue weighted by Gasteiger charge is -2.22. The van der Waals surface area contributed by atoms with Crippen molar-refractivity contribution in [1.29, 1.82) is 5.26 Å². The summed E-state index contributed by atoms with van der Waals surface area (Å²) >= 11 is 0. The first kappa shape index (κ1) is 24.7. The molecule has 0 aliphatic carbocycles. The van der Waals surface area contributed by atoms with E-state index >= 15 is 0 Å². The minimum atomic E-state index is -3.63. The summed E-state index contributed by atoms with van der Waals surface area (Å²) in [5.74, 6) is -0.733. The van der Waals surface area contributed by atoms with E-state index in [9.17, 15) is 18.0 Å². The largest absolute Gasteiger partial charge is 0.419 e. The zero-order valence-electron chi connectivity index (χ0n) is 19.6. The van der Waals surface area contributed by atoms with Crippen LogP contribution in [-0.4, -0.2) is 47.7 Å². The van der Waals surface area contributed by atoms with Gasteiger partial charge in [-0.3, -0.25) is 9.36 Å². The highest BCUT2D eigenvalue weighted by Crippen LogP contribution is 2.24. The predicted molar refractivity (Wildman–Crippen MR) is 130 cm³/mol. The van der Waals surface area contributed by atoms with E-state index in [0.29, 0.717) is 37.3 Å². The topological polar surface area (TPSA) is 117 Å². The number of aryl methyl sites for hydroxylation is 1. The number of amides is 1. The summed E-state index contributed by atoms with van der Waals surface area (Å²) in [7, 11) is -3.63. The van der Waals surface area contributed by atoms with Crippen LogP contribution in [0.15, 0.2) is 56.6 Å². The molecule has 0 saturated carbocycles. The van der Waals surface area contributed by atoms with Crippen molar-refractivity contribution in [2.75, 3.05) is 19.6 Å². The van der Waals surface area contributed by atoms with Gasteiger partial charge in [-0.05, 0) is 49.1 Å². The van der Waals surface area contributed by atoms with Crippen molar-refractivity contribution in [2.24, 2.45) is 0 Å². The molecule has 1 fully saturated rings. The van der Waals surface area contributed by atoms with Crippen LogP contribution in [0.1, 0.15) is 43.7 Å². The Morgan fingerprint density at radius 2 is 1.86 bits per heavy atom. The zero-order chi connectivity index (χ0) is 25.0. The number of aromatic nitrogens is 1. The fraction of sp³-hybridized carbons (Fsp3) is 0.400. The molecule has 1 saturated heterocycles. The number of benzene rings is 2. The second-order valence-electron chi connectivity index (χ2n) is 8.63. The molecule has 3 aromatic rings. The van der Waals surface area contributed by atoms with E-state index in [1.165, 1.54) is 21.0 Å². The fourth-order valence-electron chi connectivity index (χ4n) is 4.33. The molecule has 1 aliphatic rings. The summed E-state index contributed by atoms with van der Waals surface area (Å²) in [6.07, 6.45) is 2.55. The van der Waals surface area contributed by atoms with E-state index in [1.807, 2.05) is 19.1 Å². The number of fused-ring (bicyclic) bond motifs is 1. The predicted octanol–water partition coefficient (Wildman–Crippen LogP) is 3.08. The first-order valence-electron chi connectivity index (χ1n) is 11.7. The van der Waals surface area contributed by atoms with Crippen molar-refractivity contribution in [3.8, 4) is 6.07 Å². The van der Waals surface area contributed by atoms with Crippen LogP contribution in [0, 0.1) is 11.3 Å². The molecule has 1 amide bonds. The Balaban J connectivity index is 1.49. The molecule has 2 aromatic carbocycles. The van der Waals surface area contributed by atoms with Gasteiger partial charge in [0.2, 0.25) is 15.9 Å². The highest BCUT2D eigenvalue weighted by molar-refractivity contribution is 7.89. The molecule has 0 unspecified atom stereocenters. The second kappa shape index (κ2) is 10.5. The maximum atomic E-state index is 13.0. The molecular formula is C25H28N4O5S. The molecule has 184 valence electrons. The van der Waals surface area contributed by atoms with Crippen LogP contribution in [0.3, 0.4) is 0 Å². The third kappa shape index (κ3) is 5.31. The number of sulfonamides is 1. The first-order chi connectivity index (χ1) is 16.8. The Morgan fingerprint density at radius 3 is 2.51 bits per heavy atom. The van der Waals surface area contributed by atoms with Crippen LogP contribution in [0.5, 0.6) is 0 Å². The fourth-order valence-corrected chi connectivity index (χ4v) is 5.86. The van der Waals surface area contributed by atoms with Gasteiger partial charge in [0, 0.05) is 45.2 Å². The number of nitrogens with zero attached hydrogens (tertiary/aromatic N) is 4. The number of carbonyl (C=O) groups excluding carboxylic acids is 1. The Labute approximate surface area is 204 Å². The Kier molecular flexibility index (Phi) is 7.38. The van der Waals surface area contributed by atoms with E-state index in [1.54, 1.807) is 23.1 Å². The summed E-state index contributed by atoms with van der Waals surface area (Å²) < 4.78 is 33.8. The molecule has 0 radical (unpaired) electrons. The van der Waals surface area contributed by atoms with E-state index in [0.717, 1.165) is 24.8 Å². The van der Waals surface area contributed by atoms with Crippen molar-refractivity contribution in [3.05, 3.63) is 64.1 Å². The van der Waals surface area contributed by atoms with Gasteiger partial charge in [0.25, 0.3) is 0 Å². The molecule has 35 heavy (non-hydrogen) atoms. The van der Waals surface area contributed by atoms with Gasteiger partial charge in [-0.1, -0.05) is 19.1 Å². The van der Waals surface area contributed by atoms with Gasteiger partial charge in [-0.25, -0.2) is 13.2 Å². The van der Waals surface area contributed by atoms with Crippen LogP contribution < -0.4 is 5.76 Å². The van der Waals surface area contributed by atoms with Crippen LogP contribution in [-0.2, 0) is 27.9 Å². The molecule has 1 aliphatic heterocycles. The second-order valence-corrected chi connectivity index (χ2v) is 10.6. The Bertz CT molecular complexity index is 1410. The lowest BCUT2D eigenvalue weighted by molar-refractivity contribution is -0.132. The molecule has 10 heteroatoms. The lowest BCUT2D eigenvalue weighted by atomic mass is 10.1. The first-order valence-corrected chi connectivity index (χ1v) is 13.2. The summed E-state index contributed by atoms with van der Waals surface area (Å²) in [5, 5.41) is 8.96. The van der Waals surface area contributed by atoms with Gasteiger partial charge in [-0.15, -0.1) is 0 Å². The molecule has 0 N–H and O–H groups in total. The number of hydrogen-bond donors (Lipinski definition) is 0. The maximum Gasteiger partial charge on any atom is 0.419 e. The molecule has 1 aromatic heterocycles.